The average Bonchev–Trinajstić information content (AvgIpc) is 2.18. The summed E-state index contributed by atoms with van der Waals surface area (Å²) in [7, 11) is 0. The van der Waals surface area contributed by atoms with Gasteiger partial charge < -0.3 is 20.9 Å². The fourth-order valence-corrected chi connectivity index (χ4v) is 1.12. The van der Waals surface area contributed by atoms with Gasteiger partial charge in [0.1, 0.15) is 5.82 Å². The van der Waals surface area contributed by atoms with Gasteiger partial charge in [-0.2, -0.15) is 4.98 Å². The fraction of sp³-hybridized carbons (Fsp3) is 0.545. The molecule has 4 N–H and O–H groups in total. The third-order valence-electron chi connectivity index (χ3n) is 1.82. The minimum absolute atomic E-state index is 0.0295. The molecule has 1 heterocycles. The van der Waals surface area contributed by atoms with Gasteiger partial charge in [0.15, 0.2) is 0 Å². The molecule has 0 aliphatic carbocycles. The lowest BCUT2D eigenvalue weighted by Gasteiger charge is -2.13. The van der Waals surface area contributed by atoms with E-state index < -0.39 is 6.10 Å². The molecular formula is C11H19N3O2. The van der Waals surface area contributed by atoms with Crippen LogP contribution < -0.4 is 15.8 Å². The Balaban J connectivity index is 2.73. The van der Waals surface area contributed by atoms with Crippen LogP contribution in [-0.4, -0.2) is 28.8 Å². The van der Waals surface area contributed by atoms with Crippen LogP contribution in [0, 0.1) is 0 Å². The highest BCUT2D eigenvalue weighted by Crippen LogP contribution is 2.21. The molecule has 0 amide bonds. The highest BCUT2D eigenvalue weighted by atomic mass is 16.5. The van der Waals surface area contributed by atoms with Crippen molar-refractivity contribution in [2.75, 3.05) is 17.6 Å². The van der Waals surface area contributed by atoms with Crippen molar-refractivity contribution in [3.63, 3.8) is 0 Å². The number of nitrogens with zero attached hydrogens (tertiary/aromatic N) is 1. The molecule has 0 fully saturated rings. The summed E-state index contributed by atoms with van der Waals surface area (Å²) < 4.78 is 5.45. The number of pyridine rings is 1. The number of aromatic nitrogens is 1. The Kier molecular flexibility index (Phi) is 4.37. The highest BCUT2D eigenvalue weighted by Gasteiger charge is 2.06. The van der Waals surface area contributed by atoms with Gasteiger partial charge in [-0.3, -0.25) is 0 Å². The third-order valence-corrected chi connectivity index (χ3v) is 1.82. The van der Waals surface area contributed by atoms with Crippen molar-refractivity contribution in [3.05, 3.63) is 12.1 Å². The number of nitrogens with one attached hydrogen (secondary N) is 1. The Bertz CT molecular complexity index is 340. The molecule has 1 aromatic heterocycles. The number of hydrogen-bond acceptors (Lipinski definition) is 5. The molecule has 90 valence electrons. The first-order valence-corrected chi connectivity index (χ1v) is 5.34. The summed E-state index contributed by atoms with van der Waals surface area (Å²) in [4.78, 5) is 4.21. The molecule has 0 saturated heterocycles. The Labute approximate surface area is 95.6 Å². The average molecular weight is 225 g/mol. The number of rotatable bonds is 5. The van der Waals surface area contributed by atoms with Gasteiger partial charge in [0.2, 0.25) is 5.88 Å². The minimum Gasteiger partial charge on any atom is -0.473 e. The van der Waals surface area contributed by atoms with Gasteiger partial charge in [0.25, 0.3) is 0 Å². The Morgan fingerprint density at radius 3 is 2.69 bits per heavy atom. The molecule has 0 bridgehead atoms. The first-order chi connectivity index (χ1) is 7.49. The summed E-state index contributed by atoms with van der Waals surface area (Å²) in [5, 5.41) is 12.1. The van der Waals surface area contributed by atoms with Crippen LogP contribution in [0.15, 0.2) is 12.1 Å². The van der Waals surface area contributed by atoms with Crippen LogP contribution in [0.25, 0.3) is 0 Å². The molecule has 1 rings (SSSR count). The smallest absolute Gasteiger partial charge is 0.239 e. The molecule has 0 spiro atoms. The molecule has 0 radical (unpaired) electrons. The Morgan fingerprint density at radius 1 is 1.44 bits per heavy atom. The van der Waals surface area contributed by atoms with Crippen LogP contribution in [0.1, 0.15) is 20.8 Å². The molecule has 1 aromatic rings. The zero-order valence-corrected chi connectivity index (χ0v) is 9.90. The van der Waals surface area contributed by atoms with E-state index in [1.54, 1.807) is 19.1 Å². The van der Waals surface area contributed by atoms with Crippen molar-refractivity contribution in [1.82, 2.24) is 4.98 Å². The lowest BCUT2D eigenvalue weighted by molar-refractivity contribution is 0.208. The van der Waals surface area contributed by atoms with Crippen LogP contribution in [0.2, 0.25) is 0 Å². The van der Waals surface area contributed by atoms with Crippen LogP contribution in [0.3, 0.4) is 0 Å². The van der Waals surface area contributed by atoms with E-state index in [9.17, 15) is 0 Å². The van der Waals surface area contributed by atoms with E-state index in [2.05, 4.69) is 10.3 Å². The summed E-state index contributed by atoms with van der Waals surface area (Å²) >= 11 is 0. The maximum Gasteiger partial charge on any atom is 0.239 e. The summed E-state index contributed by atoms with van der Waals surface area (Å²) in [6.45, 7) is 5.97. The van der Waals surface area contributed by atoms with Gasteiger partial charge in [-0.15, -0.1) is 0 Å². The van der Waals surface area contributed by atoms with E-state index in [0.29, 0.717) is 23.9 Å². The number of nitrogens with two attached hydrogens (primary N) is 1. The predicted octanol–water partition coefficient (Wildman–Crippen LogP) is 1.24. The van der Waals surface area contributed by atoms with Gasteiger partial charge in [-0.1, -0.05) is 0 Å². The van der Waals surface area contributed by atoms with Gasteiger partial charge >= 0.3 is 0 Å². The van der Waals surface area contributed by atoms with Crippen LogP contribution in [0.4, 0.5) is 11.5 Å². The molecule has 0 saturated carbocycles. The van der Waals surface area contributed by atoms with E-state index >= 15 is 0 Å². The second-order valence-electron chi connectivity index (χ2n) is 3.99. The lowest BCUT2D eigenvalue weighted by atomic mass is 10.3. The topological polar surface area (TPSA) is 80.4 Å². The number of aliphatic hydroxyl groups is 1. The van der Waals surface area contributed by atoms with Crippen molar-refractivity contribution in [1.29, 1.82) is 0 Å². The van der Waals surface area contributed by atoms with Crippen LogP contribution >= 0.6 is 0 Å². The summed E-state index contributed by atoms with van der Waals surface area (Å²) in [5.41, 5.74) is 6.24. The number of anilines is 2. The summed E-state index contributed by atoms with van der Waals surface area (Å²) in [6.07, 6.45) is -0.393. The number of aliphatic hydroxyl groups excluding tert-OH is 1. The Morgan fingerprint density at radius 2 is 2.12 bits per heavy atom. The fourth-order valence-electron chi connectivity index (χ4n) is 1.12. The van der Waals surface area contributed by atoms with Gasteiger partial charge in [-0.05, 0) is 32.9 Å². The Hall–Kier alpha value is -1.49. The quantitative estimate of drug-likeness (QED) is 0.702. The summed E-state index contributed by atoms with van der Waals surface area (Å²) in [5.74, 6) is 1.07. The van der Waals surface area contributed by atoms with E-state index in [0.717, 1.165) is 0 Å². The van der Waals surface area contributed by atoms with E-state index in [4.69, 9.17) is 15.6 Å². The van der Waals surface area contributed by atoms with Crippen molar-refractivity contribution in [3.8, 4) is 5.88 Å². The highest BCUT2D eigenvalue weighted by molar-refractivity contribution is 5.53. The monoisotopic (exact) mass is 225 g/mol. The molecular weight excluding hydrogens is 206 g/mol. The van der Waals surface area contributed by atoms with Crippen molar-refractivity contribution in [2.45, 2.75) is 33.0 Å². The SMILES string of the molecule is CC(O)CNc1ccc(N)c(OC(C)C)n1. The largest absolute Gasteiger partial charge is 0.473 e. The number of nitrogen functional groups attached to an aromatic ring is 1. The van der Waals surface area contributed by atoms with E-state index in [1.807, 2.05) is 13.8 Å². The summed E-state index contributed by atoms with van der Waals surface area (Å²) in [6, 6.07) is 3.49. The molecule has 5 heteroatoms. The lowest BCUT2D eigenvalue weighted by Crippen LogP contribution is -2.16. The number of ether oxygens (including phenoxy) is 1. The first kappa shape index (κ1) is 12.6. The molecule has 0 aromatic carbocycles. The van der Waals surface area contributed by atoms with Crippen molar-refractivity contribution in [2.24, 2.45) is 0 Å². The van der Waals surface area contributed by atoms with Crippen molar-refractivity contribution < 1.29 is 9.84 Å². The normalized spacial score (nSPS) is 12.6. The van der Waals surface area contributed by atoms with E-state index in [-0.39, 0.29) is 6.10 Å². The van der Waals surface area contributed by atoms with E-state index in [1.165, 1.54) is 0 Å². The molecule has 0 aliphatic heterocycles. The first-order valence-electron chi connectivity index (χ1n) is 5.34. The predicted molar refractivity (Wildman–Crippen MR) is 64.6 cm³/mol. The minimum atomic E-state index is -0.422. The van der Waals surface area contributed by atoms with Gasteiger partial charge in [0, 0.05) is 6.54 Å². The van der Waals surface area contributed by atoms with Gasteiger partial charge in [-0.25, -0.2) is 0 Å². The van der Waals surface area contributed by atoms with Crippen LogP contribution in [0.5, 0.6) is 5.88 Å². The molecule has 1 atom stereocenters. The maximum absolute atomic E-state index is 9.14. The zero-order valence-electron chi connectivity index (χ0n) is 9.90. The molecule has 0 aliphatic rings. The molecule has 1 unspecified atom stereocenters. The molecule has 5 nitrogen and oxygen atoms in total. The standard InChI is InChI=1S/C11H19N3O2/c1-7(2)16-11-9(12)4-5-10(14-11)13-6-8(3)15/h4-5,7-8,15H,6,12H2,1-3H3,(H,13,14). The van der Waals surface area contributed by atoms with Gasteiger partial charge in [0.05, 0.1) is 17.9 Å². The maximum atomic E-state index is 9.14. The molecule has 16 heavy (non-hydrogen) atoms. The van der Waals surface area contributed by atoms with Crippen molar-refractivity contribution >= 4 is 11.5 Å². The third kappa shape index (κ3) is 3.94. The van der Waals surface area contributed by atoms with Crippen LogP contribution in [-0.2, 0) is 0 Å². The zero-order chi connectivity index (χ0) is 12.1. The second kappa shape index (κ2) is 5.55. The number of hydrogen-bond donors (Lipinski definition) is 3. The second-order valence-corrected chi connectivity index (χ2v) is 3.99.